The molecule has 0 amide bonds. The molecule has 0 fully saturated rings. The molecule has 2 aromatic rings. The molecule has 4 nitrogen and oxygen atoms in total. The molecule has 1 aromatic carbocycles. The van der Waals surface area contributed by atoms with Crippen LogP contribution in [-0.2, 0) is 15.3 Å². The fraction of sp³-hybridized carbons (Fsp3) is 0.333. The maximum atomic E-state index is 12.2. The number of ether oxygens (including phenoxy) is 1. The molecule has 0 atom stereocenters. The number of Topliss-reactive ketones (excluding diaryl/α,β-unsaturated/α-hetero) is 1. The first-order valence-electron chi connectivity index (χ1n) is 7.32. The molecule has 0 aliphatic carbocycles. The van der Waals surface area contributed by atoms with Crippen LogP contribution >= 0.6 is 11.8 Å². The number of rotatable bonds is 6. The molecule has 1 heterocycles. The molecular weight excluding hydrogens is 312 g/mol. The summed E-state index contributed by atoms with van der Waals surface area (Å²) >= 11 is 1.49. The Labute approximate surface area is 140 Å². The Morgan fingerprint density at radius 2 is 1.87 bits per heavy atom. The van der Waals surface area contributed by atoms with Gasteiger partial charge in [0.15, 0.2) is 12.4 Å². The lowest BCUT2D eigenvalue weighted by Crippen LogP contribution is -2.26. The first-order chi connectivity index (χ1) is 10.9. The van der Waals surface area contributed by atoms with Crippen LogP contribution in [0.2, 0.25) is 0 Å². The fourth-order valence-electron chi connectivity index (χ4n) is 1.73. The van der Waals surface area contributed by atoms with Crippen molar-refractivity contribution in [3.05, 3.63) is 54.0 Å². The Bertz CT molecular complexity index is 669. The summed E-state index contributed by atoms with van der Waals surface area (Å²) in [5.74, 6) is 0.871. The maximum absolute atomic E-state index is 12.2. The van der Waals surface area contributed by atoms with Gasteiger partial charge in [0, 0.05) is 10.3 Å². The normalized spacial score (nSPS) is 11.3. The van der Waals surface area contributed by atoms with E-state index < -0.39 is 11.4 Å². The van der Waals surface area contributed by atoms with Crippen LogP contribution in [-0.4, -0.2) is 18.4 Å². The van der Waals surface area contributed by atoms with Crippen LogP contribution in [0.5, 0.6) is 0 Å². The third-order valence-electron chi connectivity index (χ3n) is 3.23. The van der Waals surface area contributed by atoms with Crippen molar-refractivity contribution in [2.24, 2.45) is 5.41 Å². The third kappa shape index (κ3) is 4.99. The predicted molar refractivity (Wildman–Crippen MR) is 89.5 cm³/mol. The van der Waals surface area contributed by atoms with E-state index in [4.69, 9.17) is 9.15 Å². The Kier molecular flexibility index (Phi) is 5.66. The summed E-state index contributed by atoms with van der Waals surface area (Å²) in [5.41, 5.74) is -0.0563. The molecule has 0 radical (unpaired) electrons. The second-order valence-corrected chi connectivity index (χ2v) is 7.13. The Morgan fingerprint density at radius 1 is 1.13 bits per heavy atom. The SMILES string of the molecule is CC(C)(C)C(=O)COC(=O)c1ccccc1SCc1ccco1. The monoisotopic (exact) mass is 332 g/mol. The Balaban J connectivity index is 2.01. The fourth-order valence-corrected chi connectivity index (χ4v) is 2.67. The lowest BCUT2D eigenvalue weighted by atomic mass is 9.91. The van der Waals surface area contributed by atoms with E-state index in [1.165, 1.54) is 11.8 Å². The standard InChI is InChI=1S/C18H20O4S/c1-18(2,3)16(19)11-22-17(20)14-8-4-5-9-15(14)23-12-13-7-6-10-21-13/h4-10H,11-12H2,1-3H3. The van der Waals surface area contributed by atoms with E-state index in [0.717, 1.165) is 10.7 Å². The predicted octanol–water partition coefficient (Wildman–Crippen LogP) is 4.34. The smallest absolute Gasteiger partial charge is 0.339 e. The average Bonchev–Trinajstić information content (AvgIpc) is 3.03. The second kappa shape index (κ2) is 7.51. The lowest BCUT2D eigenvalue weighted by molar-refractivity contribution is -0.129. The van der Waals surface area contributed by atoms with Crippen molar-refractivity contribution >= 4 is 23.5 Å². The van der Waals surface area contributed by atoms with Gasteiger partial charge in [-0.05, 0) is 24.3 Å². The molecule has 0 aliphatic rings. The number of benzene rings is 1. The number of furan rings is 1. The quantitative estimate of drug-likeness (QED) is 0.581. The van der Waals surface area contributed by atoms with E-state index in [-0.39, 0.29) is 12.4 Å². The Morgan fingerprint density at radius 3 is 2.52 bits per heavy atom. The van der Waals surface area contributed by atoms with Gasteiger partial charge in [-0.2, -0.15) is 0 Å². The summed E-state index contributed by atoms with van der Waals surface area (Å²) in [5, 5.41) is 0. The van der Waals surface area contributed by atoms with Gasteiger partial charge < -0.3 is 9.15 Å². The number of thioether (sulfide) groups is 1. The summed E-state index contributed by atoms with van der Waals surface area (Å²) in [6, 6.07) is 10.9. The van der Waals surface area contributed by atoms with Crippen LogP contribution in [0.1, 0.15) is 36.9 Å². The van der Waals surface area contributed by atoms with Crippen molar-refractivity contribution in [1.29, 1.82) is 0 Å². The zero-order chi connectivity index (χ0) is 16.9. The van der Waals surface area contributed by atoms with Crippen molar-refractivity contribution < 1.29 is 18.7 Å². The number of hydrogen-bond acceptors (Lipinski definition) is 5. The molecule has 5 heteroatoms. The van der Waals surface area contributed by atoms with E-state index in [2.05, 4.69) is 0 Å². The van der Waals surface area contributed by atoms with Crippen LogP contribution < -0.4 is 0 Å². The second-order valence-electron chi connectivity index (χ2n) is 6.11. The highest BCUT2D eigenvalue weighted by Gasteiger charge is 2.23. The van der Waals surface area contributed by atoms with Crippen LogP contribution in [0.4, 0.5) is 0 Å². The zero-order valence-electron chi connectivity index (χ0n) is 13.5. The van der Waals surface area contributed by atoms with Crippen molar-refractivity contribution in [2.75, 3.05) is 6.61 Å². The van der Waals surface area contributed by atoms with Gasteiger partial charge in [-0.1, -0.05) is 32.9 Å². The van der Waals surface area contributed by atoms with Crippen molar-refractivity contribution in [3.8, 4) is 0 Å². The van der Waals surface area contributed by atoms with Crippen molar-refractivity contribution in [1.82, 2.24) is 0 Å². The zero-order valence-corrected chi connectivity index (χ0v) is 14.3. The summed E-state index contributed by atoms with van der Waals surface area (Å²) in [4.78, 5) is 24.9. The van der Waals surface area contributed by atoms with E-state index >= 15 is 0 Å². The van der Waals surface area contributed by atoms with E-state index in [1.54, 1.807) is 39.2 Å². The molecule has 0 bridgehead atoms. The van der Waals surface area contributed by atoms with Gasteiger partial charge in [0.1, 0.15) is 5.76 Å². The lowest BCUT2D eigenvalue weighted by Gasteiger charge is -2.16. The van der Waals surface area contributed by atoms with Gasteiger partial charge in [0.25, 0.3) is 0 Å². The van der Waals surface area contributed by atoms with Gasteiger partial charge >= 0.3 is 5.97 Å². The number of ketones is 1. The molecular formula is C18H20O4S. The summed E-state index contributed by atoms with van der Waals surface area (Å²) in [6.45, 7) is 5.20. The van der Waals surface area contributed by atoms with Crippen LogP contribution in [0.15, 0.2) is 52.0 Å². The topological polar surface area (TPSA) is 56.5 Å². The maximum Gasteiger partial charge on any atom is 0.339 e. The number of carbonyl (C=O) groups excluding carboxylic acids is 2. The van der Waals surface area contributed by atoms with E-state index in [9.17, 15) is 9.59 Å². The third-order valence-corrected chi connectivity index (χ3v) is 4.32. The molecule has 2 rings (SSSR count). The molecule has 1 aromatic heterocycles. The first kappa shape index (κ1) is 17.3. The molecule has 0 spiro atoms. The largest absolute Gasteiger partial charge is 0.468 e. The minimum atomic E-state index is -0.520. The molecule has 0 saturated heterocycles. The van der Waals surface area contributed by atoms with Gasteiger partial charge in [0.05, 0.1) is 17.6 Å². The van der Waals surface area contributed by atoms with Crippen LogP contribution in [0, 0.1) is 5.41 Å². The van der Waals surface area contributed by atoms with Crippen molar-refractivity contribution in [2.45, 2.75) is 31.4 Å². The highest BCUT2D eigenvalue weighted by atomic mass is 32.2. The molecule has 0 saturated carbocycles. The van der Waals surface area contributed by atoms with E-state index in [1.807, 2.05) is 24.3 Å². The highest BCUT2D eigenvalue weighted by molar-refractivity contribution is 7.98. The first-order valence-corrected chi connectivity index (χ1v) is 8.31. The average molecular weight is 332 g/mol. The summed E-state index contributed by atoms with van der Waals surface area (Å²) in [7, 11) is 0. The van der Waals surface area contributed by atoms with Gasteiger partial charge in [-0.15, -0.1) is 11.8 Å². The summed E-state index contributed by atoms with van der Waals surface area (Å²) in [6.07, 6.45) is 1.62. The number of esters is 1. The Hall–Kier alpha value is -2.01. The molecule has 0 N–H and O–H groups in total. The molecule has 0 aliphatic heterocycles. The van der Waals surface area contributed by atoms with E-state index in [0.29, 0.717) is 11.3 Å². The van der Waals surface area contributed by atoms with Gasteiger partial charge in [-0.3, -0.25) is 4.79 Å². The molecule has 0 unspecified atom stereocenters. The van der Waals surface area contributed by atoms with Crippen molar-refractivity contribution in [3.63, 3.8) is 0 Å². The molecule has 122 valence electrons. The molecule has 23 heavy (non-hydrogen) atoms. The van der Waals surface area contributed by atoms with Gasteiger partial charge in [-0.25, -0.2) is 4.79 Å². The summed E-state index contributed by atoms with van der Waals surface area (Å²) < 4.78 is 10.5. The highest BCUT2D eigenvalue weighted by Crippen LogP contribution is 2.27. The minimum Gasteiger partial charge on any atom is -0.468 e. The van der Waals surface area contributed by atoms with Crippen LogP contribution in [0.3, 0.4) is 0 Å². The number of carbonyl (C=O) groups is 2. The number of hydrogen-bond donors (Lipinski definition) is 0. The van der Waals surface area contributed by atoms with Gasteiger partial charge in [0.2, 0.25) is 0 Å². The minimum absolute atomic E-state index is 0.105. The van der Waals surface area contributed by atoms with Crippen LogP contribution in [0.25, 0.3) is 0 Å².